The Labute approximate surface area is 169 Å². The van der Waals surface area contributed by atoms with Crippen molar-refractivity contribution in [1.82, 2.24) is 9.55 Å². The number of benzene rings is 1. The van der Waals surface area contributed by atoms with E-state index in [0.717, 1.165) is 33.5 Å². The Bertz CT molecular complexity index is 1130. The number of β-amino-alcohol motifs (C(OH)–C–C–N with tert-alkyl or cyclic N) is 1. The lowest BCUT2D eigenvalue weighted by atomic mass is 10.00. The largest absolute Gasteiger partial charge is 0.395 e. The van der Waals surface area contributed by atoms with Crippen LogP contribution >= 0.6 is 0 Å². The van der Waals surface area contributed by atoms with Crippen LogP contribution in [0.5, 0.6) is 0 Å². The van der Waals surface area contributed by atoms with Crippen LogP contribution in [0.2, 0.25) is 0 Å². The van der Waals surface area contributed by atoms with Crippen LogP contribution in [-0.4, -0.2) is 33.7 Å². The number of aliphatic hydroxyl groups excluding tert-OH is 1. The Hall–Kier alpha value is -3.25. The maximum absolute atomic E-state index is 12.2. The Morgan fingerprint density at radius 2 is 1.72 bits per heavy atom. The van der Waals surface area contributed by atoms with Gasteiger partial charge in [-0.15, -0.1) is 0 Å². The Morgan fingerprint density at radius 3 is 2.45 bits per heavy atom. The van der Waals surface area contributed by atoms with E-state index in [4.69, 9.17) is 0 Å². The quantitative estimate of drug-likeness (QED) is 0.728. The summed E-state index contributed by atoms with van der Waals surface area (Å²) in [7, 11) is 0. The summed E-state index contributed by atoms with van der Waals surface area (Å²) in [6, 6.07) is 11.4. The van der Waals surface area contributed by atoms with Crippen molar-refractivity contribution in [3.05, 3.63) is 70.9 Å². The second-order valence-corrected chi connectivity index (χ2v) is 7.51. The molecule has 0 atom stereocenters. The fourth-order valence-corrected chi connectivity index (χ4v) is 3.74. The number of aliphatic hydroxyl groups is 1. The number of hydrogen-bond donors (Lipinski definition) is 1. The van der Waals surface area contributed by atoms with Crippen LogP contribution in [0.1, 0.15) is 25.5 Å². The highest BCUT2D eigenvalue weighted by atomic mass is 16.3. The van der Waals surface area contributed by atoms with Crippen LogP contribution in [0, 0.1) is 0 Å². The van der Waals surface area contributed by atoms with Crippen LogP contribution in [0.15, 0.2) is 59.8 Å². The Morgan fingerprint density at radius 1 is 1.00 bits per heavy atom. The first kappa shape index (κ1) is 19.1. The molecule has 6 heteroatoms. The van der Waals surface area contributed by atoms with Crippen LogP contribution in [0.3, 0.4) is 0 Å². The molecule has 0 bridgehead atoms. The SMILES string of the molecule is CC(C)n1cc(-c2cncc(-c3ccc4c(c3)CC(=O)N4CCO)c2)ccc1=O. The van der Waals surface area contributed by atoms with Crippen molar-refractivity contribution >= 4 is 11.6 Å². The summed E-state index contributed by atoms with van der Waals surface area (Å²) in [6.45, 7) is 4.21. The third-order valence-electron chi connectivity index (χ3n) is 5.24. The summed E-state index contributed by atoms with van der Waals surface area (Å²) in [6.07, 6.45) is 5.79. The van der Waals surface area contributed by atoms with Gasteiger partial charge in [-0.1, -0.05) is 6.07 Å². The summed E-state index contributed by atoms with van der Waals surface area (Å²) in [5.41, 5.74) is 5.58. The maximum Gasteiger partial charge on any atom is 0.250 e. The van der Waals surface area contributed by atoms with Gasteiger partial charge in [0.15, 0.2) is 0 Å². The van der Waals surface area contributed by atoms with E-state index < -0.39 is 0 Å². The van der Waals surface area contributed by atoms with Gasteiger partial charge in [-0.2, -0.15) is 0 Å². The van der Waals surface area contributed by atoms with Crippen molar-refractivity contribution in [3.63, 3.8) is 0 Å². The molecule has 0 unspecified atom stereocenters. The summed E-state index contributed by atoms with van der Waals surface area (Å²) >= 11 is 0. The van der Waals surface area contributed by atoms with Crippen molar-refractivity contribution in [2.24, 2.45) is 0 Å². The van der Waals surface area contributed by atoms with Gasteiger partial charge in [0.05, 0.1) is 13.0 Å². The van der Waals surface area contributed by atoms with E-state index in [1.54, 1.807) is 27.9 Å². The predicted octanol–water partition coefficient (Wildman–Crippen LogP) is 3.04. The molecular formula is C23H23N3O3. The fraction of sp³-hybridized carbons (Fsp3) is 0.261. The van der Waals surface area contributed by atoms with E-state index in [9.17, 15) is 14.7 Å². The fourth-order valence-electron chi connectivity index (χ4n) is 3.74. The number of carbonyl (C=O) groups excluding carboxylic acids is 1. The lowest BCUT2D eigenvalue weighted by molar-refractivity contribution is -0.117. The molecule has 1 aromatic carbocycles. The number of rotatable bonds is 5. The molecule has 3 aromatic rings. The van der Waals surface area contributed by atoms with Crippen molar-refractivity contribution in [2.75, 3.05) is 18.1 Å². The van der Waals surface area contributed by atoms with E-state index in [1.807, 2.05) is 50.4 Å². The van der Waals surface area contributed by atoms with E-state index in [0.29, 0.717) is 13.0 Å². The number of carbonyl (C=O) groups is 1. The third-order valence-corrected chi connectivity index (χ3v) is 5.24. The maximum atomic E-state index is 12.2. The van der Waals surface area contributed by atoms with Crippen molar-refractivity contribution < 1.29 is 9.90 Å². The van der Waals surface area contributed by atoms with Gasteiger partial charge in [-0.3, -0.25) is 14.6 Å². The molecule has 6 nitrogen and oxygen atoms in total. The van der Waals surface area contributed by atoms with Gasteiger partial charge >= 0.3 is 0 Å². The lowest BCUT2D eigenvalue weighted by Crippen LogP contribution is -2.29. The van der Waals surface area contributed by atoms with Crippen LogP contribution in [-0.2, 0) is 11.2 Å². The van der Waals surface area contributed by atoms with Crippen LogP contribution < -0.4 is 10.5 Å². The van der Waals surface area contributed by atoms with Crippen molar-refractivity contribution in [1.29, 1.82) is 0 Å². The van der Waals surface area contributed by atoms with E-state index in [-0.39, 0.29) is 24.1 Å². The Balaban J connectivity index is 1.71. The second-order valence-electron chi connectivity index (χ2n) is 7.51. The van der Waals surface area contributed by atoms with Gasteiger partial charge in [0.25, 0.3) is 5.56 Å². The molecule has 1 aliphatic rings. The minimum absolute atomic E-state index is 0.00835. The molecule has 0 aliphatic carbocycles. The molecule has 0 radical (unpaired) electrons. The molecular weight excluding hydrogens is 366 g/mol. The minimum atomic E-state index is -0.0581. The molecule has 0 spiro atoms. The first-order valence-corrected chi connectivity index (χ1v) is 9.70. The minimum Gasteiger partial charge on any atom is -0.395 e. The lowest BCUT2D eigenvalue weighted by Gasteiger charge is -2.16. The van der Waals surface area contributed by atoms with Crippen molar-refractivity contribution in [3.8, 4) is 22.3 Å². The Kier molecular flexibility index (Phi) is 5.03. The molecule has 1 amide bonds. The van der Waals surface area contributed by atoms with Gasteiger partial charge in [0, 0.05) is 54.1 Å². The number of amides is 1. The third kappa shape index (κ3) is 3.59. The van der Waals surface area contributed by atoms with Gasteiger partial charge in [-0.25, -0.2) is 0 Å². The number of aromatic nitrogens is 2. The zero-order valence-corrected chi connectivity index (χ0v) is 16.5. The standard InChI is InChI=1S/C23H23N3O3/c1-15(2)26-14-17(4-6-22(26)28)20-10-19(12-24-13-20)16-3-5-21-18(9-16)11-23(29)25(21)7-8-27/h3-6,9-10,12-15,27H,7-8,11H2,1-2H3. The first-order valence-electron chi connectivity index (χ1n) is 9.70. The molecule has 2 aromatic heterocycles. The smallest absolute Gasteiger partial charge is 0.250 e. The summed E-state index contributed by atoms with van der Waals surface area (Å²) in [5.74, 6) is 0.00835. The highest BCUT2D eigenvalue weighted by Gasteiger charge is 2.26. The van der Waals surface area contributed by atoms with E-state index in [1.165, 1.54) is 0 Å². The molecule has 1 aliphatic heterocycles. The number of fused-ring (bicyclic) bond motifs is 1. The molecule has 148 valence electrons. The van der Waals surface area contributed by atoms with Gasteiger partial charge in [-0.05, 0) is 54.8 Å². The normalized spacial score (nSPS) is 13.2. The molecule has 4 rings (SSSR count). The van der Waals surface area contributed by atoms with E-state index in [2.05, 4.69) is 4.98 Å². The van der Waals surface area contributed by atoms with E-state index >= 15 is 0 Å². The average Bonchev–Trinajstić information content (AvgIpc) is 3.03. The van der Waals surface area contributed by atoms with Gasteiger partial charge in [0.1, 0.15) is 0 Å². The number of nitrogens with zero attached hydrogens (tertiary/aromatic N) is 3. The highest BCUT2D eigenvalue weighted by Crippen LogP contribution is 2.33. The van der Waals surface area contributed by atoms with Gasteiger partial charge in [0.2, 0.25) is 5.91 Å². The second kappa shape index (κ2) is 7.64. The molecule has 0 saturated carbocycles. The average molecular weight is 389 g/mol. The first-order chi connectivity index (χ1) is 14.0. The summed E-state index contributed by atoms with van der Waals surface area (Å²) < 4.78 is 1.71. The molecule has 0 saturated heterocycles. The summed E-state index contributed by atoms with van der Waals surface area (Å²) in [4.78, 5) is 30.3. The highest BCUT2D eigenvalue weighted by molar-refractivity contribution is 6.02. The predicted molar refractivity (Wildman–Crippen MR) is 113 cm³/mol. The molecule has 0 fully saturated rings. The number of pyridine rings is 2. The zero-order valence-electron chi connectivity index (χ0n) is 16.5. The monoisotopic (exact) mass is 389 g/mol. The van der Waals surface area contributed by atoms with Crippen LogP contribution in [0.4, 0.5) is 5.69 Å². The summed E-state index contributed by atoms with van der Waals surface area (Å²) in [5, 5.41) is 9.19. The van der Waals surface area contributed by atoms with Gasteiger partial charge < -0.3 is 14.6 Å². The molecule has 29 heavy (non-hydrogen) atoms. The zero-order chi connectivity index (χ0) is 20.5. The molecule has 1 N–H and O–H groups in total. The van der Waals surface area contributed by atoms with Crippen LogP contribution in [0.25, 0.3) is 22.3 Å². The number of hydrogen-bond acceptors (Lipinski definition) is 4. The van der Waals surface area contributed by atoms with Crippen molar-refractivity contribution in [2.45, 2.75) is 26.3 Å². The number of anilines is 1. The molecule has 3 heterocycles. The topological polar surface area (TPSA) is 75.4 Å².